The molecule has 1 aliphatic carbocycles. The summed E-state index contributed by atoms with van der Waals surface area (Å²) in [4.78, 5) is 19.2. The maximum absolute atomic E-state index is 11.2. The molecule has 2 aromatic carbocycles. The monoisotopic (exact) mass is 374 g/mol. The molecule has 0 bridgehead atoms. The summed E-state index contributed by atoms with van der Waals surface area (Å²) in [7, 11) is 0. The van der Waals surface area contributed by atoms with E-state index in [4.69, 9.17) is 10.5 Å². The third-order valence-electron chi connectivity index (χ3n) is 4.99. The van der Waals surface area contributed by atoms with Crippen molar-refractivity contribution in [3.8, 4) is 11.1 Å². The lowest BCUT2D eigenvalue weighted by molar-refractivity contribution is 0.107. The van der Waals surface area contributed by atoms with Gasteiger partial charge in [0.2, 0.25) is 0 Å². The highest BCUT2D eigenvalue weighted by Crippen LogP contribution is 2.45. The van der Waals surface area contributed by atoms with Gasteiger partial charge in [0.15, 0.2) is 0 Å². The second-order valence-electron chi connectivity index (χ2n) is 7.09. The van der Waals surface area contributed by atoms with Gasteiger partial charge in [-0.05, 0) is 35.1 Å². The molecule has 3 aromatic rings. The summed E-state index contributed by atoms with van der Waals surface area (Å²) in [5.74, 6) is 0. The first-order valence-electron chi connectivity index (χ1n) is 9.24. The number of hydrogen-bond donors (Lipinski definition) is 2. The predicted molar refractivity (Wildman–Crippen MR) is 106 cm³/mol. The molecule has 3 N–H and O–H groups in total. The van der Waals surface area contributed by atoms with Gasteiger partial charge in [-0.2, -0.15) is 0 Å². The molecule has 1 heterocycles. The first-order chi connectivity index (χ1) is 13.6. The van der Waals surface area contributed by atoms with E-state index in [-0.39, 0.29) is 5.54 Å². The number of urea groups is 1. The highest BCUT2D eigenvalue weighted by molar-refractivity contribution is 5.74. The lowest BCUT2D eigenvalue weighted by Gasteiger charge is -2.16. The Labute approximate surface area is 163 Å². The zero-order valence-electron chi connectivity index (χ0n) is 15.5. The summed E-state index contributed by atoms with van der Waals surface area (Å²) < 4.78 is 5.72. The van der Waals surface area contributed by atoms with Crippen molar-refractivity contribution in [2.45, 2.75) is 31.6 Å². The predicted octanol–water partition coefficient (Wildman–Crippen LogP) is 3.52. The molecule has 0 aliphatic heterocycles. The van der Waals surface area contributed by atoms with Crippen molar-refractivity contribution in [1.82, 2.24) is 15.3 Å². The van der Waals surface area contributed by atoms with Crippen LogP contribution in [-0.2, 0) is 23.5 Å². The number of nitrogens with one attached hydrogen (secondary N) is 1. The Morgan fingerprint density at radius 1 is 0.929 bits per heavy atom. The fourth-order valence-electron chi connectivity index (χ4n) is 3.31. The molecule has 1 aromatic heterocycles. The molecule has 0 spiro atoms. The third-order valence-corrected chi connectivity index (χ3v) is 4.99. The maximum Gasteiger partial charge on any atom is 0.312 e. The van der Waals surface area contributed by atoms with Crippen LogP contribution in [0.2, 0.25) is 0 Å². The van der Waals surface area contributed by atoms with E-state index in [0.717, 1.165) is 40.7 Å². The number of carbonyl (C=O) groups excluding carboxylic acids is 1. The van der Waals surface area contributed by atoms with Crippen LogP contribution in [0.4, 0.5) is 4.79 Å². The second kappa shape index (κ2) is 7.78. The summed E-state index contributed by atoms with van der Waals surface area (Å²) in [6, 6.07) is 16.1. The number of carbonyl (C=O) groups is 1. The smallest absolute Gasteiger partial charge is 0.312 e. The van der Waals surface area contributed by atoms with Gasteiger partial charge in [0.25, 0.3) is 0 Å². The third kappa shape index (κ3) is 4.18. The van der Waals surface area contributed by atoms with Gasteiger partial charge in [-0.25, -0.2) is 14.8 Å². The number of nitrogens with two attached hydrogens (primary N) is 1. The van der Waals surface area contributed by atoms with Crippen molar-refractivity contribution >= 4 is 6.03 Å². The van der Waals surface area contributed by atoms with Crippen LogP contribution in [0.25, 0.3) is 11.1 Å². The molecule has 4 rings (SSSR count). The Morgan fingerprint density at radius 2 is 1.50 bits per heavy atom. The van der Waals surface area contributed by atoms with Gasteiger partial charge in [0, 0.05) is 18.0 Å². The molecular formula is C22H22N4O2. The molecule has 6 heteroatoms. The lowest BCUT2D eigenvalue weighted by Crippen LogP contribution is -2.38. The fourth-order valence-corrected chi connectivity index (χ4v) is 3.31. The maximum atomic E-state index is 11.2. The molecule has 0 saturated heterocycles. The van der Waals surface area contributed by atoms with Crippen molar-refractivity contribution in [3.05, 3.63) is 83.9 Å². The highest BCUT2D eigenvalue weighted by atomic mass is 16.5. The quantitative estimate of drug-likeness (QED) is 0.662. The highest BCUT2D eigenvalue weighted by Gasteiger charge is 2.45. The zero-order valence-corrected chi connectivity index (χ0v) is 15.5. The Kier molecular flexibility index (Phi) is 5.04. The summed E-state index contributed by atoms with van der Waals surface area (Å²) in [6.07, 6.45) is 6.88. The summed E-state index contributed by atoms with van der Waals surface area (Å²) >= 11 is 0. The average Bonchev–Trinajstić information content (AvgIpc) is 3.49. The number of ether oxygens (including phenoxy) is 1. The Bertz CT molecular complexity index is 937. The van der Waals surface area contributed by atoms with Gasteiger partial charge < -0.3 is 15.8 Å². The summed E-state index contributed by atoms with van der Waals surface area (Å²) in [5, 5.41) is 2.86. The Morgan fingerprint density at radius 3 is 2.07 bits per heavy atom. The van der Waals surface area contributed by atoms with Gasteiger partial charge in [0.05, 0.1) is 18.8 Å². The van der Waals surface area contributed by atoms with Crippen LogP contribution >= 0.6 is 0 Å². The van der Waals surface area contributed by atoms with E-state index in [9.17, 15) is 4.79 Å². The van der Waals surface area contributed by atoms with E-state index in [1.807, 2.05) is 0 Å². The number of benzene rings is 2. The number of hydrogen-bond acceptors (Lipinski definition) is 4. The van der Waals surface area contributed by atoms with Gasteiger partial charge in [0.1, 0.15) is 6.33 Å². The molecule has 0 atom stereocenters. The van der Waals surface area contributed by atoms with E-state index in [1.54, 1.807) is 12.4 Å². The Balaban J connectivity index is 1.36. The minimum atomic E-state index is -0.473. The van der Waals surface area contributed by atoms with Crippen molar-refractivity contribution in [2.75, 3.05) is 0 Å². The SMILES string of the molecule is NC(=O)NC1(c2ccc(-c3ccc(COCc4cncnc4)cc3)cc2)CC1. The second-order valence-corrected chi connectivity index (χ2v) is 7.09. The van der Waals surface area contributed by atoms with Crippen molar-refractivity contribution in [3.63, 3.8) is 0 Å². The molecule has 0 radical (unpaired) electrons. The largest absolute Gasteiger partial charge is 0.372 e. The van der Waals surface area contributed by atoms with Crippen LogP contribution < -0.4 is 11.1 Å². The molecular weight excluding hydrogens is 352 g/mol. The van der Waals surface area contributed by atoms with E-state index < -0.39 is 6.03 Å². The van der Waals surface area contributed by atoms with Crippen LogP contribution in [-0.4, -0.2) is 16.0 Å². The molecule has 1 saturated carbocycles. The molecule has 0 unspecified atom stereocenters. The molecule has 2 amide bonds. The lowest BCUT2D eigenvalue weighted by atomic mass is 9.99. The van der Waals surface area contributed by atoms with E-state index in [2.05, 4.69) is 63.8 Å². The van der Waals surface area contributed by atoms with Crippen molar-refractivity contribution in [1.29, 1.82) is 0 Å². The van der Waals surface area contributed by atoms with Crippen LogP contribution in [0.5, 0.6) is 0 Å². The van der Waals surface area contributed by atoms with E-state index in [1.165, 1.54) is 6.33 Å². The summed E-state index contributed by atoms with van der Waals surface area (Å²) in [6.45, 7) is 1.03. The number of amides is 2. The topological polar surface area (TPSA) is 90.1 Å². The number of aromatic nitrogens is 2. The minimum Gasteiger partial charge on any atom is -0.372 e. The molecule has 6 nitrogen and oxygen atoms in total. The number of rotatable bonds is 7. The fraction of sp³-hybridized carbons (Fsp3) is 0.227. The van der Waals surface area contributed by atoms with Crippen LogP contribution in [0.1, 0.15) is 29.5 Å². The van der Waals surface area contributed by atoms with Crippen LogP contribution in [0, 0.1) is 0 Å². The van der Waals surface area contributed by atoms with Crippen molar-refractivity contribution < 1.29 is 9.53 Å². The van der Waals surface area contributed by atoms with Crippen LogP contribution in [0.3, 0.4) is 0 Å². The summed E-state index contributed by atoms with van der Waals surface area (Å²) in [5.41, 5.74) is 10.5. The molecule has 1 fully saturated rings. The number of nitrogens with zero attached hydrogens (tertiary/aromatic N) is 2. The molecule has 1 aliphatic rings. The van der Waals surface area contributed by atoms with Gasteiger partial charge in [-0.1, -0.05) is 48.5 Å². The zero-order chi connectivity index (χ0) is 19.4. The van der Waals surface area contributed by atoms with Crippen molar-refractivity contribution in [2.24, 2.45) is 5.73 Å². The molecule has 142 valence electrons. The van der Waals surface area contributed by atoms with Gasteiger partial charge in [-0.3, -0.25) is 0 Å². The average molecular weight is 374 g/mol. The van der Waals surface area contributed by atoms with E-state index >= 15 is 0 Å². The molecule has 28 heavy (non-hydrogen) atoms. The normalized spacial score (nSPS) is 14.4. The number of primary amides is 1. The van der Waals surface area contributed by atoms with Gasteiger partial charge >= 0.3 is 6.03 Å². The van der Waals surface area contributed by atoms with Crippen LogP contribution in [0.15, 0.2) is 67.3 Å². The standard InChI is InChI=1S/C22H22N4O2/c23-21(27)26-22(9-10-22)20-7-5-19(6-8-20)18-3-1-16(2-4-18)13-28-14-17-11-24-15-25-12-17/h1-8,11-12,15H,9-10,13-14H2,(H3,23,26,27). The van der Waals surface area contributed by atoms with E-state index in [0.29, 0.717) is 13.2 Å². The minimum absolute atomic E-state index is 0.268. The first-order valence-corrected chi connectivity index (χ1v) is 9.24. The Hall–Kier alpha value is -3.25. The first kappa shape index (κ1) is 18.1. The van der Waals surface area contributed by atoms with Gasteiger partial charge in [-0.15, -0.1) is 0 Å².